The van der Waals surface area contributed by atoms with Gasteiger partial charge < -0.3 is 10.0 Å². The van der Waals surface area contributed by atoms with Crippen LogP contribution in [-0.4, -0.2) is 67.4 Å². The van der Waals surface area contributed by atoms with E-state index in [1.807, 2.05) is 30.5 Å². The lowest BCUT2D eigenvalue weighted by atomic mass is 10.0. The Morgan fingerprint density at radius 1 is 1.03 bits per heavy atom. The quantitative estimate of drug-likeness (QED) is 0.716. The van der Waals surface area contributed by atoms with Crippen LogP contribution in [0.4, 0.5) is 0 Å². The first-order valence-corrected chi connectivity index (χ1v) is 9.77. The zero-order valence-corrected chi connectivity index (χ0v) is 16.3. The first-order valence-electron chi connectivity index (χ1n) is 9.77. The molecule has 3 heterocycles. The number of β-amino-alcohol motifs (C(OH)–C–C–N with tert-alkyl or cyclic N) is 1. The SMILES string of the molecule is O=C(c1cccnc1)N1CCN(Cc2ccccc2)CC(O)(Cn2cccn2)C1. The summed E-state index contributed by atoms with van der Waals surface area (Å²) in [6, 6.07) is 15.5. The van der Waals surface area contributed by atoms with Gasteiger partial charge in [-0.15, -0.1) is 0 Å². The summed E-state index contributed by atoms with van der Waals surface area (Å²) < 4.78 is 1.72. The third-order valence-corrected chi connectivity index (χ3v) is 5.15. The molecule has 1 atom stereocenters. The fourth-order valence-corrected chi connectivity index (χ4v) is 3.86. The van der Waals surface area contributed by atoms with Gasteiger partial charge in [-0.25, -0.2) is 0 Å². The molecule has 1 saturated heterocycles. The van der Waals surface area contributed by atoms with E-state index < -0.39 is 5.60 Å². The number of hydrogen-bond donors (Lipinski definition) is 1. The molecule has 0 radical (unpaired) electrons. The molecule has 0 aliphatic carbocycles. The number of hydrogen-bond acceptors (Lipinski definition) is 5. The van der Waals surface area contributed by atoms with E-state index in [9.17, 15) is 9.90 Å². The van der Waals surface area contributed by atoms with Crippen molar-refractivity contribution < 1.29 is 9.90 Å². The Hall–Kier alpha value is -3.03. The predicted molar refractivity (Wildman–Crippen MR) is 109 cm³/mol. The standard InChI is InChI=1S/C22H25N5O2/c28-21(20-8-4-9-23-14-20)26-13-12-25(15-19-6-2-1-3-7-19)16-22(29,17-26)18-27-11-5-10-24-27/h1-11,14,29H,12-13,15-18H2. The lowest BCUT2D eigenvalue weighted by Gasteiger charge is -2.33. The molecule has 1 amide bonds. The topological polar surface area (TPSA) is 74.5 Å². The van der Waals surface area contributed by atoms with Crippen molar-refractivity contribution in [1.29, 1.82) is 0 Å². The van der Waals surface area contributed by atoms with E-state index in [1.165, 1.54) is 5.56 Å². The number of pyridine rings is 1. The highest BCUT2D eigenvalue weighted by atomic mass is 16.3. The zero-order chi connectivity index (χ0) is 20.1. The van der Waals surface area contributed by atoms with Crippen LogP contribution in [0.2, 0.25) is 0 Å². The maximum absolute atomic E-state index is 13.0. The maximum Gasteiger partial charge on any atom is 0.255 e. The predicted octanol–water partition coefficient (Wildman–Crippen LogP) is 1.67. The summed E-state index contributed by atoms with van der Waals surface area (Å²) in [5.74, 6) is -0.112. The van der Waals surface area contributed by atoms with Crippen molar-refractivity contribution in [2.75, 3.05) is 26.2 Å². The van der Waals surface area contributed by atoms with Crippen molar-refractivity contribution in [1.82, 2.24) is 24.6 Å². The van der Waals surface area contributed by atoms with Crippen molar-refractivity contribution in [3.05, 3.63) is 84.4 Å². The van der Waals surface area contributed by atoms with E-state index in [1.54, 1.807) is 40.3 Å². The molecule has 3 aromatic rings. The zero-order valence-electron chi connectivity index (χ0n) is 16.3. The fourth-order valence-electron chi connectivity index (χ4n) is 3.86. The van der Waals surface area contributed by atoms with Crippen molar-refractivity contribution in [2.24, 2.45) is 0 Å². The van der Waals surface area contributed by atoms with Gasteiger partial charge >= 0.3 is 0 Å². The van der Waals surface area contributed by atoms with Crippen LogP contribution < -0.4 is 0 Å². The number of carbonyl (C=O) groups is 1. The van der Waals surface area contributed by atoms with Gasteiger partial charge in [0.05, 0.1) is 18.7 Å². The molecule has 0 spiro atoms. The van der Waals surface area contributed by atoms with Crippen LogP contribution in [-0.2, 0) is 13.1 Å². The van der Waals surface area contributed by atoms with Crippen molar-refractivity contribution in [3.8, 4) is 0 Å². The fraction of sp³-hybridized carbons (Fsp3) is 0.318. The Kier molecular flexibility index (Phi) is 5.69. The van der Waals surface area contributed by atoms with Crippen LogP contribution in [0.5, 0.6) is 0 Å². The smallest absolute Gasteiger partial charge is 0.255 e. The van der Waals surface area contributed by atoms with Gasteiger partial charge in [0.15, 0.2) is 0 Å². The number of amides is 1. The van der Waals surface area contributed by atoms with Gasteiger partial charge in [-0.1, -0.05) is 30.3 Å². The van der Waals surface area contributed by atoms with E-state index >= 15 is 0 Å². The van der Waals surface area contributed by atoms with Gasteiger partial charge in [-0.3, -0.25) is 19.4 Å². The highest BCUT2D eigenvalue weighted by Gasteiger charge is 2.37. The van der Waals surface area contributed by atoms with Crippen molar-refractivity contribution in [2.45, 2.75) is 18.7 Å². The van der Waals surface area contributed by atoms with Gasteiger partial charge in [0.25, 0.3) is 5.91 Å². The first kappa shape index (κ1) is 19.3. The Balaban J connectivity index is 1.57. The normalized spacial score (nSPS) is 20.4. The lowest BCUT2D eigenvalue weighted by molar-refractivity contribution is -0.0184. The summed E-state index contributed by atoms with van der Waals surface area (Å²) in [7, 11) is 0. The van der Waals surface area contributed by atoms with Crippen LogP contribution >= 0.6 is 0 Å². The maximum atomic E-state index is 13.0. The van der Waals surface area contributed by atoms with Gasteiger partial charge in [0, 0.05) is 51.0 Å². The highest BCUT2D eigenvalue weighted by Crippen LogP contribution is 2.20. The second-order valence-corrected chi connectivity index (χ2v) is 7.59. The third-order valence-electron chi connectivity index (χ3n) is 5.15. The second kappa shape index (κ2) is 8.55. The molecule has 1 unspecified atom stereocenters. The average Bonchev–Trinajstić information content (AvgIpc) is 3.18. The molecule has 0 bridgehead atoms. The Morgan fingerprint density at radius 3 is 2.62 bits per heavy atom. The molecule has 1 aromatic carbocycles. The Bertz CT molecular complexity index is 917. The van der Waals surface area contributed by atoms with Crippen LogP contribution in [0.1, 0.15) is 15.9 Å². The van der Waals surface area contributed by atoms with Crippen LogP contribution in [0.3, 0.4) is 0 Å². The van der Waals surface area contributed by atoms with Crippen molar-refractivity contribution >= 4 is 5.91 Å². The summed E-state index contributed by atoms with van der Waals surface area (Å²) in [5, 5.41) is 15.8. The summed E-state index contributed by atoms with van der Waals surface area (Å²) in [5.41, 5.74) is 0.598. The largest absolute Gasteiger partial charge is 0.385 e. The summed E-state index contributed by atoms with van der Waals surface area (Å²) in [6.45, 7) is 2.97. The third kappa shape index (κ3) is 4.88. The van der Waals surface area contributed by atoms with E-state index in [2.05, 4.69) is 27.1 Å². The number of aromatic nitrogens is 3. The number of rotatable bonds is 5. The summed E-state index contributed by atoms with van der Waals surface area (Å²) in [6.07, 6.45) is 6.74. The van der Waals surface area contributed by atoms with Gasteiger partial charge in [0.2, 0.25) is 0 Å². The minimum absolute atomic E-state index is 0.112. The van der Waals surface area contributed by atoms with Crippen LogP contribution in [0.15, 0.2) is 73.3 Å². The minimum atomic E-state index is -1.12. The second-order valence-electron chi connectivity index (χ2n) is 7.59. The molecule has 29 heavy (non-hydrogen) atoms. The van der Waals surface area contributed by atoms with Crippen LogP contribution in [0, 0.1) is 0 Å². The molecule has 1 aliphatic heterocycles. The molecule has 7 nitrogen and oxygen atoms in total. The lowest BCUT2D eigenvalue weighted by Crippen LogP contribution is -2.51. The molecule has 1 fully saturated rings. The van der Waals surface area contributed by atoms with Gasteiger partial charge in [-0.05, 0) is 23.8 Å². The number of benzene rings is 1. The first-order chi connectivity index (χ1) is 14.1. The molecule has 4 rings (SSSR count). The van der Waals surface area contributed by atoms with E-state index in [0.29, 0.717) is 31.7 Å². The molecule has 150 valence electrons. The van der Waals surface area contributed by atoms with Crippen molar-refractivity contribution in [3.63, 3.8) is 0 Å². The Morgan fingerprint density at radius 2 is 1.90 bits per heavy atom. The minimum Gasteiger partial charge on any atom is -0.385 e. The molecule has 0 saturated carbocycles. The van der Waals surface area contributed by atoms with E-state index in [4.69, 9.17) is 0 Å². The number of aliphatic hydroxyl groups is 1. The number of carbonyl (C=O) groups excluding carboxylic acids is 1. The molecule has 1 N–H and O–H groups in total. The monoisotopic (exact) mass is 391 g/mol. The molecule has 1 aliphatic rings. The highest BCUT2D eigenvalue weighted by molar-refractivity contribution is 5.94. The van der Waals surface area contributed by atoms with E-state index in [0.717, 1.165) is 6.54 Å². The summed E-state index contributed by atoms with van der Waals surface area (Å²) in [4.78, 5) is 21.0. The molecule has 2 aromatic heterocycles. The van der Waals surface area contributed by atoms with Gasteiger partial charge in [0.1, 0.15) is 5.60 Å². The molecular formula is C22H25N5O2. The molecule has 7 heteroatoms. The van der Waals surface area contributed by atoms with Gasteiger partial charge in [-0.2, -0.15) is 5.10 Å². The summed E-state index contributed by atoms with van der Waals surface area (Å²) >= 11 is 0. The van der Waals surface area contributed by atoms with Crippen LogP contribution in [0.25, 0.3) is 0 Å². The average molecular weight is 391 g/mol. The van der Waals surface area contributed by atoms with E-state index in [-0.39, 0.29) is 12.5 Å². The molecular weight excluding hydrogens is 366 g/mol. The Labute approximate surface area is 170 Å². The number of nitrogens with zero attached hydrogens (tertiary/aromatic N) is 5.